The summed E-state index contributed by atoms with van der Waals surface area (Å²) in [6, 6.07) is 7.92. The monoisotopic (exact) mass is 289 g/mol. The van der Waals surface area contributed by atoms with E-state index in [1.165, 1.54) is 25.9 Å². The van der Waals surface area contributed by atoms with E-state index in [4.69, 9.17) is 0 Å². The fraction of sp³-hybridized carbons (Fsp3) is 0.588. The van der Waals surface area contributed by atoms with Gasteiger partial charge in [-0.05, 0) is 70.9 Å². The summed E-state index contributed by atoms with van der Waals surface area (Å²) in [6.07, 6.45) is 2.49. The lowest BCUT2D eigenvalue weighted by Crippen LogP contribution is -2.33. The molecule has 0 unspecified atom stereocenters. The highest BCUT2D eigenvalue weighted by Gasteiger charge is 2.16. The van der Waals surface area contributed by atoms with E-state index in [0.29, 0.717) is 0 Å². The average Bonchev–Trinajstić information content (AvgIpc) is 2.46. The highest BCUT2D eigenvalue weighted by atomic mass is 16.1. The first-order valence-electron chi connectivity index (χ1n) is 7.88. The van der Waals surface area contributed by atoms with Gasteiger partial charge in [-0.2, -0.15) is 0 Å². The first-order chi connectivity index (χ1) is 10.0. The highest BCUT2D eigenvalue weighted by Crippen LogP contribution is 2.18. The SMILES string of the molecule is CC(C)NC(=O)c1cccc(NCC2CCN(C)CC2)c1. The second-order valence-corrected chi connectivity index (χ2v) is 6.34. The van der Waals surface area contributed by atoms with Crippen LogP contribution in [0.25, 0.3) is 0 Å². The van der Waals surface area contributed by atoms with Crippen molar-refractivity contribution in [3.05, 3.63) is 29.8 Å². The number of rotatable bonds is 5. The fourth-order valence-electron chi connectivity index (χ4n) is 2.64. The number of amides is 1. The minimum atomic E-state index is -0.00654. The first-order valence-corrected chi connectivity index (χ1v) is 7.88. The van der Waals surface area contributed by atoms with Crippen molar-refractivity contribution in [1.29, 1.82) is 0 Å². The Morgan fingerprint density at radius 2 is 2.05 bits per heavy atom. The standard InChI is InChI=1S/C17H27N3O/c1-13(2)19-17(21)15-5-4-6-16(11-15)18-12-14-7-9-20(3)10-8-14/h4-6,11,13-14,18H,7-10,12H2,1-3H3,(H,19,21). The van der Waals surface area contributed by atoms with E-state index in [-0.39, 0.29) is 11.9 Å². The van der Waals surface area contributed by atoms with Gasteiger partial charge in [-0.15, -0.1) is 0 Å². The molecular formula is C17H27N3O. The third kappa shape index (κ3) is 5.05. The Morgan fingerprint density at radius 1 is 1.33 bits per heavy atom. The topological polar surface area (TPSA) is 44.4 Å². The van der Waals surface area contributed by atoms with Crippen LogP contribution in [0.4, 0.5) is 5.69 Å². The van der Waals surface area contributed by atoms with Crippen LogP contribution in [0.3, 0.4) is 0 Å². The molecule has 1 aliphatic heterocycles. The normalized spacial score (nSPS) is 17.0. The van der Waals surface area contributed by atoms with Gasteiger partial charge in [-0.25, -0.2) is 0 Å². The van der Waals surface area contributed by atoms with Gasteiger partial charge < -0.3 is 15.5 Å². The summed E-state index contributed by atoms with van der Waals surface area (Å²) in [5, 5.41) is 6.40. The summed E-state index contributed by atoms with van der Waals surface area (Å²) in [7, 11) is 2.18. The van der Waals surface area contributed by atoms with Gasteiger partial charge in [-0.1, -0.05) is 6.07 Å². The molecule has 4 heteroatoms. The summed E-state index contributed by atoms with van der Waals surface area (Å²) in [4.78, 5) is 14.4. The minimum absolute atomic E-state index is 0.00654. The number of nitrogens with zero attached hydrogens (tertiary/aromatic N) is 1. The second kappa shape index (κ2) is 7.46. The van der Waals surface area contributed by atoms with Gasteiger partial charge >= 0.3 is 0 Å². The average molecular weight is 289 g/mol. The number of piperidine rings is 1. The van der Waals surface area contributed by atoms with Crippen molar-refractivity contribution in [2.75, 3.05) is 32.0 Å². The molecule has 0 saturated carbocycles. The highest BCUT2D eigenvalue weighted by molar-refractivity contribution is 5.95. The second-order valence-electron chi connectivity index (χ2n) is 6.34. The molecule has 0 atom stereocenters. The van der Waals surface area contributed by atoms with Gasteiger partial charge in [-0.3, -0.25) is 4.79 Å². The zero-order valence-electron chi connectivity index (χ0n) is 13.4. The molecule has 116 valence electrons. The van der Waals surface area contributed by atoms with Crippen LogP contribution in [-0.4, -0.2) is 43.5 Å². The van der Waals surface area contributed by atoms with Crippen molar-refractivity contribution in [3.8, 4) is 0 Å². The molecule has 0 radical (unpaired) electrons. The smallest absolute Gasteiger partial charge is 0.251 e. The summed E-state index contributed by atoms with van der Waals surface area (Å²) in [5.41, 5.74) is 1.75. The van der Waals surface area contributed by atoms with E-state index in [2.05, 4.69) is 22.6 Å². The van der Waals surface area contributed by atoms with Crippen LogP contribution in [0.5, 0.6) is 0 Å². The van der Waals surface area contributed by atoms with Gasteiger partial charge in [0.1, 0.15) is 0 Å². The van der Waals surface area contributed by atoms with Crippen molar-refractivity contribution in [2.45, 2.75) is 32.7 Å². The molecule has 2 N–H and O–H groups in total. The fourth-order valence-corrected chi connectivity index (χ4v) is 2.64. The zero-order chi connectivity index (χ0) is 15.2. The largest absolute Gasteiger partial charge is 0.385 e. The summed E-state index contributed by atoms with van der Waals surface area (Å²) in [6.45, 7) is 7.30. The summed E-state index contributed by atoms with van der Waals surface area (Å²) < 4.78 is 0. The van der Waals surface area contributed by atoms with Gasteiger partial charge in [0.25, 0.3) is 5.91 Å². The summed E-state index contributed by atoms with van der Waals surface area (Å²) in [5.74, 6) is 0.724. The molecule has 1 fully saturated rings. The van der Waals surface area contributed by atoms with Crippen molar-refractivity contribution in [3.63, 3.8) is 0 Å². The third-order valence-electron chi connectivity index (χ3n) is 3.98. The maximum atomic E-state index is 12.0. The molecule has 0 aliphatic carbocycles. The zero-order valence-corrected chi connectivity index (χ0v) is 13.4. The van der Waals surface area contributed by atoms with Crippen LogP contribution < -0.4 is 10.6 Å². The number of nitrogens with one attached hydrogen (secondary N) is 2. The van der Waals surface area contributed by atoms with Crippen LogP contribution in [0.2, 0.25) is 0 Å². The molecule has 21 heavy (non-hydrogen) atoms. The molecule has 1 aromatic rings. The van der Waals surface area contributed by atoms with E-state index in [0.717, 1.165) is 23.7 Å². The van der Waals surface area contributed by atoms with Gasteiger partial charge in [0, 0.05) is 23.8 Å². The third-order valence-corrected chi connectivity index (χ3v) is 3.98. The first kappa shape index (κ1) is 15.8. The lowest BCUT2D eigenvalue weighted by molar-refractivity contribution is 0.0943. The lowest BCUT2D eigenvalue weighted by Gasteiger charge is -2.29. The Hall–Kier alpha value is -1.55. The van der Waals surface area contributed by atoms with Crippen LogP contribution in [0.1, 0.15) is 37.0 Å². The van der Waals surface area contributed by atoms with Gasteiger partial charge in [0.15, 0.2) is 0 Å². The number of carbonyl (C=O) groups is 1. The van der Waals surface area contributed by atoms with Crippen LogP contribution in [0.15, 0.2) is 24.3 Å². The minimum Gasteiger partial charge on any atom is -0.385 e. The van der Waals surface area contributed by atoms with Crippen LogP contribution >= 0.6 is 0 Å². The van der Waals surface area contributed by atoms with E-state index >= 15 is 0 Å². The molecular weight excluding hydrogens is 262 g/mol. The van der Waals surface area contributed by atoms with E-state index in [1.54, 1.807) is 0 Å². The van der Waals surface area contributed by atoms with Gasteiger partial charge in [0.2, 0.25) is 0 Å². The quantitative estimate of drug-likeness (QED) is 0.875. The van der Waals surface area contributed by atoms with Crippen LogP contribution in [-0.2, 0) is 0 Å². The van der Waals surface area contributed by atoms with Gasteiger partial charge in [0.05, 0.1) is 0 Å². The maximum Gasteiger partial charge on any atom is 0.251 e. The molecule has 4 nitrogen and oxygen atoms in total. The maximum absolute atomic E-state index is 12.0. The Morgan fingerprint density at radius 3 is 2.71 bits per heavy atom. The van der Waals surface area contributed by atoms with E-state index in [1.807, 2.05) is 38.1 Å². The molecule has 0 spiro atoms. The van der Waals surface area contributed by atoms with E-state index in [9.17, 15) is 4.79 Å². The number of likely N-dealkylation sites (tertiary alicyclic amines) is 1. The van der Waals surface area contributed by atoms with Crippen LogP contribution in [0, 0.1) is 5.92 Å². The van der Waals surface area contributed by atoms with Crippen molar-refractivity contribution in [2.24, 2.45) is 5.92 Å². The predicted molar refractivity (Wildman–Crippen MR) is 87.8 cm³/mol. The number of anilines is 1. The Kier molecular flexibility index (Phi) is 5.62. The Balaban J connectivity index is 1.87. The summed E-state index contributed by atoms with van der Waals surface area (Å²) >= 11 is 0. The molecule has 1 aromatic carbocycles. The van der Waals surface area contributed by atoms with Crippen molar-refractivity contribution >= 4 is 11.6 Å². The molecule has 1 heterocycles. The Bertz CT molecular complexity index is 465. The molecule has 1 saturated heterocycles. The lowest BCUT2D eigenvalue weighted by atomic mass is 9.97. The molecule has 1 aliphatic rings. The van der Waals surface area contributed by atoms with Crippen molar-refractivity contribution in [1.82, 2.24) is 10.2 Å². The number of carbonyl (C=O) groups excluding carboxylic acids is 1. The molecule has 0 aromatic heterocycles. The molecule has 1 amide bonds. The van der Waals surface area contributed by atoms with E-state index < -0.39 is 0 Å². The van der Waals surface area contributed by atoms with Crippen molar-refractivity contribution < 1.29 is 4.79 Å². The number of hydrogen-bond donors (Lipinski definition) is 2. The number of benzene rings is 1. The molecule has 0 bridgehead atoms. The number of hydrogen-bond acceptors (Lipinski definition) is 3. The Labute approximate surface area is 127 Å². The molecule has 2 rings (SSSR count). The predicted octanol–water partition coefficient (Wildman–Crippen LogP) is 2.58.